The first-order valence-corrected chi connectivity index (χ1v) is 6.71. The highest BCUT2D eigenvalue weighted by molar-refractivity contribution is 7.10. The molecule has 0 radical (unpaired) electrons. The lowest BCUT2D eigenvalue weighted by atomic mass is 9.70. The van der Waals surface area contributed by atoms with Crippen LogP contribution in [0, 0.1) is 23.7 Å². The van der Waals surface area contributed by atoms with Crippen LogP contribution in [0.3, 0.4) is 0 Å². The summed E-state index contributed by atoms with van der Waals surface area (Å²) in [4.78, 5) is 0.975. The summed E-state index contributed by atoms with van der Waals surface area (Å²) in [7, 11) is 0. The quantitative estimate of drug-likeness (QED) is 0.851. The Labute approximate surface area is 101 Å². The number of aliphatic hydroxyl groups is 1. The average Bonchev–Trinajstić information content (AvgIpc) is 2.75. The smallest absolute Gasteiger partial charge is 0.107 e. The highest BCUT2D eigenvalue weighted by Crippen LogP contribution is 2.47. The monoisotopic (exact) mass is 235 g/mol. The molecule has 0 saturated heterocycles. The lowest BCUT2D eigenvalue weighted by molar-refractivity contribution is 0.0383. The van der Waals surface area contributed by atoms with Gasteiger partial charge in [-0.05, 0) is 36.8 Å². The van der Waals surface area contributed by atoms with Gasteiger partial charge in [0.1, 0.15) is 6.10 Å². The molecule has 1 atom stereocenters. The zero-order chi connectivity index (χ0) is 11.6. The average molecular weight is 235 g/mol. The molecule has 86 valence electrons. The highest BCUT2D eigenvalue weighted by atomic mass is 32.1. The van der Waals surface area contributed by atoms with Crippen molar-refractivity contribution in [2.24, 2.45) is 5.41 Å². The van der Waals surface area contributed by atoms with Gasteiger partial charge in [0.2, 0.25) is 0 Å². The lowest BCUT2D eigenvalue weighted by Gasteiger charge is -2.34. The van der Waals surface area contributed by atoms with E-state index in [9.17, 15) is 10.4 Å². The van der Waals surface area contributed by atoms with Crippen molar-refractivity contribution in [3.05, 3.63) is 21.9 Å². The number of thiophene rings is 1. The van der Waals surface area contributed by atoms with Gasteiger partial charge in [-0.25, -0.2) is 0 Å². The van der Waals surface area contributed by atoms with Crippen LogP contribution in [0.25, 0.3) is 0 Å². The van der Waals surface area contributed by atoms with E-state index in [0.29, 0.717) is 0 Å². The third-order valence-electron chi connectivity index (χ3n) is 3.64. The minimum atomic E-state index is -0.599. The molecular formula is C13H17NOS. The second-order valence-electron chi connectivity index (χ2n) is 4.70. The molecule has 1 aliphatic rings. The van der Waals surface area contributed by atoms with Crippen molar-refractivity contribution in [1.82, 2.24) is 0 Å². The number of nitriles is 1. The van der Waals surface area contributed by atoms with E-state index in [1.165, 1.54) is 6.42 Å². The van der Waals surface area contributed by atoms with Crippen molar-refractivity contribution < 1.29 is 5.11 Å². The van der Waals surface area contributed by atoms with Gasteiger partial charge >= 0.3 is 0 Å². The summed E-state index contributed by atoms with van der Waals surface area (Å²) < 4.78 is 0. The molecule has 0 bridgehead atoms. The van der Waals surface area contributed by atoms with E-state index in [0.717, 1.165) is 36.1 Å². The van der Waals surface area contributed by atoms with E-state index < -0.39 is 11.5 Å². The van der Waals surface area contributed by atoms with Crippen LogP contribution in [0.1, 0.15) is 48.6 Å². The van der Waals surface area contributed by atoms with Crippen molar-refractivity contribution in [2.45, 2.75) is 45.1 Å². The number of hydrogen-bond donors (Lipinski definition) is 1. The van der Waals surface area contributed by atoms with Crippen LogP contribution in [0.15, 0.2) is 11.4 Å². The van der Waals surface area contributed by atoms with Gasteiger partial charge in [0.15, 0.2) is 0 Å². The molecule has 0 aromatic carbocycles. The molecule has 1 N–H and O–H groups in total. The minimum absolute atomic E-state index is 0.534. The van der Waals surface area contributed by atoms with E-state index in [2.05, 4.69) is 6.07 Å². The number of rotatable bonds is 2. The summed E-state index contributed by atoms with van der Waals surface area (Å²) in [5.74, 6) is 0. The summed E-state index contributed by atoms with van der Waals surface area (Å²) >= 11 is 1.56. The largest absolute Gasteiger partial charge is 0.386 e. The van der Waals surface area contributed by atoms with Crippen LogP contribution in [0.5, 0.6) is 0 Å². The van der Waals surface area contributed by atoms with Gasteiger partial charge in [0, 0.05) is 4.88 Å². The second kappa shape index (κ2) is 4.57. The Bertz CT molecular complexity index is 398. The van der Waals surface area contributed by atoms with Crippen molar-refractivity contribution in [1.29, 1.82) is 5.26 Å². The summed E-state index contributed by atoms with van der Waals surface area (Å²) in [5.41, 5.74) is 0.575. The molecule has 3 heteroatoms. The van der Waals surface area contributed by atoms with E-state index >= 15 is 0 Å². The van der Waals surface area contributed by atoms with Gasteiger partial charge in [-0.1, -0.05) is 19.3 Å². The molecule has 0 aliphatic heterocycles. The summed E-state index contributed by atoms with van der Waals surface area (Å²) in [6, 6.07) is 4.40. The zero-order valence-electron chi connectivity index (χ0n) is 9.57. The van der Waals surface area contributed by atoms with Gasteiger partial charge in [-0.3, -0.25) is 0 Å². The number of nitrogens with zero attached hydrogens (tertiary/aromatic N) is 1. The Morgan fingerprint density at radius 2 is 2.12 bits per heavy atom. The third kappa shape index (κ3) is 1.88. The van der Waals surface area contributed by atoms with Gasteiger partial charge in [-0.15, -0.1) is 11.3 Å². The van der Waals surface area contributed by atoms with Crippen LogP contribution >= 0.6 is 11.3 Å². The molecule has 1 aliphatic carbocycles. The molecule has 1 aromatic rings. The van der Waals surface area contributed by atoms with Crippen LogP contribution in [0.4, 0.5) is 0 Å². The summed E-state index contributed by atoms with van der Waals surface area (Å²) in [6.07, 6.45) is 4.39. The normalized spacial score (nSPS) is 21.3. The molecule has 1 heterocycles. The maximum absolute atomic E-state index is 10.5. The molecule has 2 nitrogen and oxygen atoms in total. The Kier molecular flexibility index (Phi) is 3.32. The first-order chi connectivity index (χ1) is 7.69. The summed E-state index contributed by atoms with van der Waals surface area (Å²) in [5, 5.41) is 21.8. The fraction of sp³-hybridized carbons (Fsp3) is 0.615. The molecule has 2 rings (SSSR count). The highest BCUT2D eigenvalue weighted by Gasteiger charge is 2.41. The van der Waals surface area contributed by atoms with E-state index in [-0.39, 0.29) is 0 Å². The fourth-order valence-corrected chi connectivity index (χ4v) is 3.57. The Hall–Kier alpha value is -0.850. The zero-order valence-corrected chi connectivity index (χ0v) is 10.4. The Balaban J connectivity index is 2.28. The van der Waals surface area contributed by atoms with Crippen LogP contribution in [-0.2, 0) is 0 Å². The molecule has 1 saturated carbocycles. The summed E-state index contributed by atoms with van der Waals surface area (Å²) in [6.45, 7) is 2.00. The molecule has 0 amide bonds. The Morgan fingerprint density at radius 1 is 1.44 bits per heavy atom. The maximum Gasteiger partial charge on any atom is 0.107 e. The molecule has 16 heavy (non-hydrogen) atoms. The van der Waals surface area contributed by atoms with Crippen molar-refractivity contribution in [2.75, 3.05) is 0 Å². The van der Waals surface area contributed by atoms with Gasteiger partial charge < -0.3 is 5.11 Å². The number of hydrogen-bond acceptors (Lipinski definition) is 3. The van der Waals surface area contributed by atoms with Gasteiger partial charge in [0.05, 0.1) is 11.5 Å². The first-order valence-electron chi connectivity index (χ1n) is 5.83. The third-order valence-corrected chi connectivity index (χ3v) is 4.71. The molecule has 0 spiro atoms. The van der Waals surface area contributed by atoms with Gasteiger partial charge in [0.25, 0.3) is 0 Å². The number of aryl methyl sites for hydroxylation is 1. The van der Waals surface area contributed by atoms with Crippen molar-refractivity contribution in [3.8, 4) is 6.07 Å². The standard InChI is InChI=1S/C13H17NOS/c1-10-5-8-16-11(10)12(15)13(9-14)6-3-2-4-7-13/h5,8,12,15H,2-4,6-7H2,1H3. The molecule has 1 aromatic heterocycles. The predicted molar refractivity (Wildman–Crippen MR) is 65.1 cm³/mol. The van der Waals surface area contributed by atoms with Gasteiger partial charge in [-0.2, -0.15) is 5.26 Å². The maximum atomic E-state index is 10.5. The van der Waals surface area contributed by atoms with Crippen molar-refractivity contribution >= 4 is 11.3 Å². The van der Waals surface area contributed by atoms with Crippen LogP contribution in [0.2, 0.25) is 0 Å². The molecular weight excluding hydrogens is 218 g/mol. The fourth-order valence-electron chi connectivity index (χ4n) is 2.54. The lowest BCUT2D eigenvalue weighted by Crippen LogP contribution is -2.29. The minimum Gasteiger partial charge on any atom is -0.386 e. The van der Waals surface area contributed by atoms with Crippen LogP contribution < -0.4 is 0 Å². The Morgan fingerprint density at radius 3 is 2.62 bits per heavy atom. The predicted octanol–water partition coefficient (Wildman–Crippen LogP) is 3.56. The van der Waals surface area contributed by atoms with E-state index in [1.54, 1.807) is 11.3 Å². The second-order valence-corrected chi connectivity index (χ2v) is 5.65. The first kappa shape index (κ1) is 11.6. The van der Waals surface area contributed by atoms with E-state index in [1.807, 2.05) is 18.4 Å². The molecule has 1 fully saturated rings. The van der Waals surface area contributed by atoms with E-state index in [4.69, 9.17) is 0 Å². The van der Waals surface area contributed by atoms with Crippen LogP contribution in [-0.4, -0.2) is 5.11 Å². The SMILES string of the molecule is Cc1ccsc1C(O)C1(C#N)CCCCC1. The number of aliphatic hydroxyl groups excluding tert-OH is 1. The topological polar surface area (TPSA) is 44.0 Å². The van der Waals surface area contributed by atoms with Crippen molar-refractivity contribution in [3.63, 3.8) is 0 Å². The molecule has 1 unspecified atom stereocenters.